The van der Waals surface area contributed by atoms with E-state index in [-0.39, 0.29) is 0 Å². The van der Waals surface area contributed by atoms with E-state index in [1.54, 1.807) is 10.4 Å². The standard InChI is InChI=1S/C21H27N3O3S2/c1-4-27-19-9-7-18(8-10-19)22-21(28)23-11-13-24(14-12-23)29(25,26)20-15-16(2)5-6-17(20)3/h5-10,15H,4,11-14H2,1-3H3,(H,22,28). The van der Waals surface area contributed by atoms with E-state index in [9.17, 15) is 8.42 Å². The molecule has 1 heterocycles. The van der Waals surface area contributed by atoms with E-state index in [0.29, 0.717) is 42.8 Å². The van der Waals surface area contributed by atoms with Crippen molar-refractivity contribution in [3.8, 4) is 5.75 Å². The first-order chi connectivity index (χ1) is 13.8. The monoisotopic (exact) mass is 433 g/mol. The van der Waals surface area contributed by atoms with Gasteiger partial charge in [-0.25, -0.2) is 8.42 Å². The number of thiocarbonyl (C=S) groups is 1. The lowest BCUT2D eigenvalue weighted by atomic mass is 10.2. The maximum Gasteiger partial charge on any atom is 0.243 e. The number of piperazine rings is 1. The van der Waals surface area contributed by atoms with Gasteiger partial charge in [-0.15, -0.1) is 0 Å². The highest BCUT2D eigenvalue weighted by atomic mass is 32.2. The van der Waals surface area contributed by atoms with Crippen molar-refractivity contribution in [1.82, 2.24) is 9.21 Å². The van der Waals surface area contributed by atoms with Gasteiger partial charge in [0.15, 0.2) is 5.11 Å². The zero-order valence-electron chi connectivity index (χ0n) is 17.0. The van der Waals surface area contributed by atoms with Crippen molar-refractivity contribution in [2.75, 3.05) is 38.1 Å². The fourth-order valence-electron chi connectivity index (χ4n) is 3.26. The summed E-state index contributed by atoms with van der Waals surface area (Å²) in [6.07, 6.45) is 0. The Balaban J connectivity index is 1.61. The Kier molecular flexibility index (Phi) is 6.77. The maximum atomic E-state index is 13.1. The van der Waals surface area contributed by atoms with E-state index in [1.807, 2.05) is 62.1 Å². The molecule has 0 bridgehead atoms. The molecule has 1 aliphatic heterocycles. The fraction of sp³-hybridized carbons (Fsp3) is 0.381. The van der Waals surface area contributed by atoms with E-state index in [1.165, 1.54) is 0 Å². The first-order valence-electron chi connectivity index (χ1n) is 9.67. The van der Waals surface area contributed by atoms with Crippen LogP contribution in [0, 0.1) is 13.8 Å². The molecule has 6 nitrogen and oxygen atoms in total. The molecule has 0 atom stereocenters. The molecule has 2 aromatic rings. The summed E-state index contributed by atoms with van der Waals surface area (Å²) in [5, 5.41) is 3.81. The summed E-state index contributed by atoms with van der Waals surface area (Å²) in [5.41, 5.74) is 2.59. The van der Waals surface area contributed by atoms with Gasteiger partial charge in [0, 0.05) is 31.9 Å². The maximum absolute atomic E-state index is 13.1. The van der Waals surface area contributed by atoms with Crippen LogP contribution < -0.4 is 10.1 Å². The van der Waals surface area contributed by atoms with E-state index in [0.717, 1.165) is 22.6 Å². The topological polar surface area (TPSA) is 61.9 Å². The van der Waals surface area contributed by atoms with Crippen molar-refractivity contribution in [1.29, 1.82) is 0 Å². The molecule has 29 heavy (non-hydrogen) atoms. The van der Waals surface area contributed by atoms with Gasteiger partial charge in [0.25, 0.3) is 0 Å². The summed E-state index contributed by atoms with van der Waals surface area (Å²) >= 11 is 5.52. The first kappa shape index (κ1) is 21.5. The van der Waals surface area contributed by atoms with Crippen LogP contribution in [-0.2, 0) is 10.0 Å². The number of hydrogen-bond donors (Lipinski definition) is 1. The van der Waals surface area contributed by atoms with Crippen molar-refractivity contribution in [2.24, 2.45) is 0 Å². The molecule has 1 N–H and O–H groups in total. The van der Waals surface area contributed by atoms with E-state index in [2.05, 4.69) is 5.32 Å². The van der Waals surface area contributed by atoms with Crippen LogP contribution in [0.4, 0.5) is 5.69 Å². The third kappa shape index (κ3) is 5.07. The molecule has 2 aromatic carbocycles. The van der Waals surface area contributed by atoms with E-state index < -0.39 is 10.0 Å². The number of aryl methyl sites for hydroxylation is 2. The predicted octanol–water partition coefficient (Wildman–Crippen LogP) is 3.41. The number of ether oxygens (including phenoxy) is 1. The van der Waals surface area contributed by atoms with Gasteiger partial charge in [-0.3, -0.25) is 0 Å². The van der Waals surface area contributed by atoms with Crippen molar-refractivity contribution in [3.05, 3.63) is 53.6 Å². The minimum absolute atomic E-state index is 0.390. The summed E-state index contributed by atoms with van der Waals surface area (Å²) in [6.45, 7) is 8.21. The molecule has 0 saturated carbocycles. The average Bonchev–Trinajstić information content (AvgIpc) is 2.71. The van der Waals surface area contributed by atoms with Crippen molar-refractivity contribution >= 4 is 33.0 Å². The number of nitrogens with one attached hydrogen (secondary N) is 1. The van der Waals surface area contributed by atoms with Gasteiger partial charge in [-0.1, -0.05) is 12.1 Å². The van der Waals surface area contributed by atoms with Crippen LogP contribution in [0.5, 0.6) is 5.75 Å². The number of rotatable bonds is 5. The third-order valence-electron chi connectivity index (χ3n) is 4.90. The fourth-order valence-corrected chi connectivity index (χ4v) is 5.29. The van der Waals surface area contributed by atoms with Crippen LogP contribution in [0.3, 0.4) is 0 Å². The second-order valence-corrected chi connectivity index (χ2v) is 9.34. The Morgan fingerprint density at radius 2 is 1.72 bits per heavy atom. The number of anilines is 1. The lowest BCUT2D eigenvalue weighted by Crippen LogP contribution is -2.51. The average molecular weight is 434 g/mol. The summed E-state index contributed by atoms with van der Waals surface area (Å²) in [5.74, 6) is 0.814. The minimum Gasteiger partial charge on any atom is -0.494 e. The highest BCUT2D eigenvalue weighted by Crippen LogP contribution is 2.23. The Morgan fingerprint density at radius 3 is 2.34 bits per heavy atom. The van der Waals surface area contributed by atoms with Gasteiger partial charge in [0.05, 0.1) is 11.5 Å². The Labute approximate surface area is 178 Å². The molecular weight excluding hydrogens is 406 g/mol. The molecule has 156 valence electrons. The number of nitrogens with zero attached hydrogens (tertiary/aromatic N) is 2. The van der Waals surface area contributed by atoms with Crippen molar-refractivity contribution in [2.45, 2.75) is 25.7 Å². The largest absolute Gasteiger partial charge is 0.494 e. The van der Waals surface area contributed by atoms with Crippen LogP contribution in [-0.4, -0.2) is 55.5 Å². The molecule has 0 aliphatic carbocycles. The van der Waals surface area contributed by atoms with Gasteiger partial charge < -0.3 is 15.0 Å². The SMILES string of the molecule is CCOc1ccc(NC(=S)N2CCN(S(=O)(=O)c3cc(C)ccc3C)CC2)cc1. The summed E-state index contributed by atoms with van der Waals surface area (Å²) < 4.78 is 33.1. The molecule has 0 radical (unpaired) electrons. The van der Waals surface area contributed by atoms with Gasteiger partial charge in [-0.2, -0.15) is 4.31 Å². The molecule has 3 rings (SSSR count). The minimum atomic E-state index is -3.50. The molecule has 0 aromatic heterocycles. The third-order valence-corrected chi connectivity index (χ3v) is 7.30. The molecule has 0 amide bonds. The van der Waals surface area contributed by atoms with Gasteiger partial charge in [0.2, 0.25) is 10.0 Å². The molecule has 1 fully saturated rings. The second kappa shape index (κ2) is 9.11. The van der Waals surface area contributed by atoms with E-state index in [4.69, 9.17) is 17.0 Å². The van der Waals surface area contributed by atoms with Crippen LogP contribution in [0.2, 0.25) is 0 Å². The van der Waals surface area contributed by atoms with Gasteiger partial charge in [-0.05, 0) is 74.4 Å². The van der Waals surface area contributed by atoms with Crippen LogP contribution in [0.25, 0.3) is 0 Å². The highest BCUT2D eigenvalue weighted by Gasteiger charge is 2.30. The van der Waals surface area contributed by atoms with Crippen LogP contribution in [0.15, 0.2) is 47.4 Å². The number of benzene rings is 2. The van der Waals surface area contributed by atoms with E-state index >= 15 is 0 Å². The lowest BCUT2D eigenvalue weighted by molar-refractivity contribution is 0.268. The van der Waals surface area contributed by atoms with Gasteiger partial charge >= 0.3 is 0 Å². The van der Waals surface area contributed by atoms with Crippen LogP contribution >= 0.6 is 12.2 Å². The highest BCUT2D eigenvalue weighted by molar-refractivity contribution is 7.89. The summed E-state index contributed by atoms with van der Waals surface area (Å²) in [4.78, 5) is 2.39. The lowest BCUT2D eigenvalue weighted by Gasteiger charge is -2.35. The van der Waals surface area contributed by atoms with Gasteiger partial charge in [0.1, 0.15) is 5.75 Å². The summed E-state index contributed by atoms with van der Waals surface area (Å²) in [7, 11) is -3.50. The normalized spacial score (nSPS) is 15.2. The molecule has 0 spiro atoms. The van der Waals surface area contributed by atoms with Crippen molar-refractivity contribution < 1.29 is 13.2 Å². The second-order valence-electron chi connectivity index (χ2n) is 7.05. The summed E-state index contributed by atoms with van der Waals surface area (Å²) in [6, 6.07) is 13.1. The molecule has 0 unspecified atom stereocenters. The number of sulfonamides is 1. The number of hydrogen-bond acceptors (Lipinski definition) is 4. The Morgan fingerprint density at radius 1 is 1.07 bits per heavy atom. The van der Waals surface area contributed by atoms with Crippen LogP contribution in [0.1, 0.15) is 18.1 Å². The Bertz CT molecular complexity index is 967. The zero-order chi connectivity index (χ0) is 21.0. The zero-order valence-corrected chi connectivity index (χ0v) is 18.6. The predicted molar refractivity (Wildman–Crippen MR) is 120 cm³/mol. The molecule has 1 saturated heterocycles. The molecule has 1 aliphatic rings. The first-order valence-corrected chi connectivity index (χ1v) is 11.5. The molecule has 8 heteroatoms. The molecular formula is C21H27N3O3S2. The Hall–Kier alpha value is -2.16. The quantitative estimate of drug-likeness (QED) is 0.730. The smallest absolute Gasteiger partial charge is 0.243 e. The van der Waals surface area contributed by atoms with Crippen molar-refractivity contribution in [3.63, 3.8) is 0 Å².